The molecule has 0 aromatic heterocycles. The van der Waals surface area contributed by atoms with Gasteiger partial charge in [0.2, 0.25) is 11.8 Å². The Morgan fingerprint density at radius 3 is 1.94 bits per heavy atom. The lowest BCUT2D eigenvalue weighted by atomic mass is 9.81. The van der Waals surface area contributed by atoms with Crippen LogP contribution < -0.4 is 0 Å². The van der Waals surface area contributed by atoms with Crippen molar-refractivity contribution < 1.29 is 19.2 Å². The number of urea groups is 1. The van der Waals surface area contributed by atoms with E-state index in [9.17, 15) is 19.2 Å². The number of imide groups is 1. The topological polar surface area (TPSA) is 84.5 Å². The molecule has 4 fully saturated rings. The minimum atomic E-state index is -0.747. The third-order valence-corrected chi connectivity index (χ3v) is 7.57. The van der Waals surface area contributed by atoms with Crippen molar-refractivity contribution in [1.82, 2.24) is 24.5 Å². The zero-order valence-corrected chi connectivity index (χ0v) is 18.7. The second kappa shape index (κ2) is 9.14. The summed E-state index contributed by atoms with van der Waals surface area (Å²) in [5.41, 5.74) is -0.747. The molecule has 3 aliphatic heterocycles. The number of piperazine rings is 1. The Morgan fingerprint density at radius 2 is 1.29 bits per heavy atom. The summed E-state index contributed by atoms with van der Waals surface area (Å²) in [6.07, 6.45) is 7.68. The molecule has 5 amide bonds. The van der Waals surface area contributed by atoms with Crippen molar-refractivity contribution in [2.24, 2.45) is 0 Å². The highest BCUT2D eigenvalue weighted by Crippen LogP contribution is 2.39. The number of amides is 5. The lowest BCUT2D eigenvalue weighted by molar-refractivity contribution is -0.141. The molecule has 3 heterocycles. The average molecular weight is 434 g/mol. The van der Waals surface area contributed by atoms with Crippen LogP contribution in [-0.4, -0.2) is 113 Å². The molecular formula is C22H35N5O4. The monoisotopic (exact) mass is 433 g/mol. The van der Waals surface area contributed by atoms with Crippen molar-refractivity contribution >= 4 is 23.8 Å². The molecule has 1 saturated carbocycles. The number of rotatable bonds is 4. The first-order valence-corrected chi connectivity index (χ1v) is 11.8. The maximum Gasteiger partial charge on any atom is 0.327 e. The van der Waals surface area contributed by atoms with Gasteiger partial charge >= 0.3 is 6.03 Å². The van der Waals surface area contributed by atoms with Gasteiger partial charge in [-0.25, -0.2) is 4.79 Å². The van der Waals surface area contributed by atoms with Gasteiger partial charge in [-0.15, -0.1) is 0 Å². The number of hydrogen-bond donors (Lipinski definition) is 0. The van der Waals surface area contributed by atoms with E-state index in [0.717, 1.165) is 50.1 Å². The van der Waals surface area contributed by atoms with Crippen LogP contribution in [0.4, 0.5) is 4.79 Å². The van der Waals surface area contributed by atoms with Crippen molar-refractivity contribution in [1.29, 1.82) is 0 Å². The summed E-state index contributed by atoms with van der Waals surface area (Å²) < 4.78 is 0. The van der Waals surface area contributed by atoms with Crippen LogP contribution in [0.15, 0.2) is 0 Å². The molecule has 4 aliphatic rings. The average Bonchev–Trinajstić information content (AvgIpc) is 2.97. The Kier molecular flexibility index (Phi) is 6.50. The SMILES string of the molecule is CN1C(=O)N(CC(=O)N2CCN(CC(=O)N3CCCCC3)CC2)C(=O)C12CCCCC2. The van der Waals surface area contributed by atoms with E-state index in [1.165, 1.54) is 6.42 Å². The molecule has 0 radical (unpaired) electrons. The van der Waals surface area contributed by atoms with E-state index in [1.54, 1.807) is 16.8 Å². The normalized spacial score (nSPS) is 24.9. The lowest BCUT2D eigenvalue weighted by Gasteiger charge is -2.36. The van der Waals surface area contributed by atoms with Gasteiger partial charge in [0.15, 0.2) is 0 Å². The Balaban J connectivity index is 1.27. The summed E-state index contributed by atoms with van der Waals surface area (Å²) in [7, 11) is 1.69. The maximum atomic E-state index is 13.1. The fraction of sp³-hybridized carbons (Fsp3) is 0.818. The summed E-state index contributed by atoms with van der Waals surface area (Å²) in [6, 6.07) is -0.356. The minimum absolute atomic E-state index is 0.175. The van der Waals surface area contributed by atoms with Gasteiger partial charge in [-0.1, -0.05) is 19.3 Å². The van der Waals surface area contributed by atoms with Gasteiger partial charge in [0.25, 0.3) is 5.91 Å². The van der Waals surface area contributed by atoms with Gasteiger partial charge in [-0.2, -0.15) is 0 Å². The smallest absolute Gasteiger partial charge is 0.327 e. The van der Waals surface area contributed by atoms with Crippen molar-refractivity contribution in [2.45, 2.75) is 56.9 Å². The lowest BCUT2D eigenvalue weighted by Crippen LogP contribution is -2.54. The van der Waals surface area contributed by atoms with Crippen molar-refractivity contribution in [3.05, 3.63) is 0 Å². The molecule has 172 valence electrons. The maximum absolute atomic E-state index is 13.1. The van der Waals surface area contributed by atoms with Gasteiger partial charge < -0.3 is 14.7 Å². The fourth-order valence-corrected chi connectivity index (χ4v) is 5.50. The van der Waals surface area contributed by atoms with E-state index in [2.05, 4.69) is 4.90 Å². The summed E-state index contributed by atoms with van der Waals surface area (Å²) in [5.74, 6) is -0.225. The number of hydrogen-bond acceptors (Lipinski definition) is 5. The van der Waals surface area contributed by atoms with Crippen LogP contribution in [0.25, 0.3) is 0 Å². The molecule has 0 aromatic rings. The Labute approximate surface area is 184 Å². The third-order valence-electron chi connectivity index (χ3n) is 7.57. The molecule has 9 heteroatoms. The summed E-state index contributed by atoms with van der Waals surface area (Å²) in [5, 5.41) is 0. The Hall–Kier alpha value is -2.16. The Bertz CT molecular complexity index is 721. The van der Waals surface area contributed by atoms with Gasteiger partial charge in [0.1, 0.15) is 12.1 Å². The molecule has 31 heavy (non-hydrogen) atoms. The summed E-state index contributed by atoms with van der Waals surface area (Å²) >= 11 is 0. The molecule has 0 aromatic carbocycles. The van der Waals surface area contributed by atoms with Crippen LogP contribution in [0.2, 0.25) is 0 Å². The van der Waals surface area contributed by atoms with E-state index < -0.39 is 5.54 Å². The van der Waals surface area contributed by atoms with E-state index in [1.807, 2.05) is 4.90 Å². The zero-order chi connectivity index (χ0) is 22.0. The number of likely N-dealkylation sites (N-methyl/N-ethyl adjacent to an activating group) is 1. The highest BCUT2D eigenvalue weighted by atomic mass is 16.2. The number of likely N-dealkylation sites (tertiary alicyclic amines) is 1. The third kappa shape index (κ3) is 4.29. The second-order valence-corrected chi connectivity index (χ2v) is 9.42. The number of carbonyl (C=O) groups is 4. The van der Waals surface area contributed by atoms with Crippen molar-refractivity contribution in [2.75, 3.05) is 59.4 Å². The molecule has 9 nitrogen and oxygen atoms in total. The molecular weight excluding hydrogens is 398 g/mol. The quantitative estimate of drug-likeness (QED) is 0.611. The van der Waals surface area contributed by atoms with Crippen molar-refractivity contribution in [3.63, 3.8) is 0 Å². The molecule has 0 bridgehead atoms. The molecule has 0 unspecified atom stereocenters. The van der Waals surface area contributed by atoms with E-state index in [4.69, 9.17) is 0 Å². The van der Waals surface area contributed by atoms with Gasteiger partial charge in [-0.05, 0) is 32.1 Å². The van der Waals surface area contributed by atoms with Crippen LogP contribution in [0, 0.1) is 0 Å². The molecule has 0 N–H and O–H groups in total. The first-order chi connectivity index (χ1) is 14.9. The molecule has 1 spiro atoms. The highest BCUT2D eigenvalue weighted by molar-refractivity contribution is 6.08. The van der Waals surface area contributed by atoms with Gasteiger partial charge in [0, 0.05) is 46.3 Å². The minimum Gasteiger partial charge on any atom is -0.342 e. The predicted molar refractivity (Wildman–Crippen MR) is 114 cm³/mol. The molecule has 4 rings (SSSR count). The van der Waals surface area contributed by atoms with Crippen molar-refractivity contribution in [3.8, 4) is 0 Å². The number of piperidine rings is 1. The van der Waals surface area contributed by atoms with Crippen LogP contribution in [0.1, 0.15) is 51.4 Å². The highest BCUT2D eigenvalue weighted by Gasteiger charge is 2.56. The zero-order valence-electron chi connectivity index (χ0n) is 18.7. The standard InChI is InChI=1S/C22H35N5O4/c1-23-21(31)27(20(30)22(23)8-4-2-5-9-22)17-19(29)26-14-12-24(13-15-26)16-18(28)25-10-6-3-7-11-25/h2-17H2,1H3. The molecule has 0 atom stereocenters. The first-order valence-electron chi connectivity index (χ1n) is 11.8. The van der Waals surface area contributed by atoms with Gasteiger partial charge in [0.05, 0.1) is 6.54 Å². The van der Waals surface area contributed by atoms with E-state index >= 15 is 0 Å². The second-order valence-electron chi connectivity index (χ2n) is 9.42. The van der Waals surface area contributed by atoms with Crippen LogP contribution in [-0.2, 0) is 14.4 Å². The molecule has 1 aliphatic carbocycles. The van der Waals surface area contributed by atoms with Crippen LogP contribution in [0.3, 0.4) is 0 Å². The predicted octanol–water partition coefficient (Wildman–Crippen LogP) is 0.740. The molecule has 3 saturated heterocycles. The Morgan fingerprint density at radius 1 is 0.742 bits per heavy atom. The van der Waals surface area contributed by atoms with E-state index in [0.29, 0.717) is 45.6 Å². The fourth-order valence-electron chi connectivity index (χ4n) is 5.50. The van der Waals surface area contributed by atoms with Gasteiger partial charge in [-0.3, -0.25) is 24.2 Å². The summed E-state index contributed by atoms with van der Waals surface area (Å²) in [6.45, 7) is 4.23. The first kappa shape index (κ1) is 22.0. The van der Waals surface area contributed by atoms with Crippen LogP contribution in [0.5, 0.6) is 0 Å². The van der Waals surface area contributed by atoms with E-state index in [-0.39, 0.29) is 30.3 Å². The number of nitrogens with zero attached hydrogens (tertiary/aromatic N) is 5. The number of carbonyl (C=O) groups excluding carboxylic acids is 4. The largest absolute Gasteiger partial charge is 0.342 e. The van der Waals surface area contributed by atoms with Crippen LogP contribution >= 0.6 is 0 Å². The summed E-state index contributed by atoms with van der Waals surface area (Å²) in [4.78, 5) is 59.6.